The summed E-state index contributed by atoms with van der Waals surface area (Å²) in [6.45, 7) is 1.66. The van der Waals surface area contributed by atoms with E-state index in [1.54, 1.807) is 61.5 Å². The van der Waals surface area contributed by atoms with Crippen molar-refractivity contribution in [2.75, 3.05) is 4.72 Å². The van der Waals surface area contributed by atoms with Crippen molar-refractivity contribution < 1.29 is 13.2 Å². The van der Waals surface area contributed by atoms with E-state index in [1.165, 1.54) is 0 Å². The van der Waals surface area contributed by atoms with Gasteiger partial charge in [0.05, 0.1) is 0 Å². The highest BCUT2D eigenvalue weighted by Gasteiger charge is 2.49. The van der Waals surface area contributed by atoms with Crippen LogP contribution in [0.3, 0.4) is 0 Å². The smallest absolute Gasteiger partial charge is 0.257 e. The fourth-order valence-electron chi connectivity index (χ4n) is 2.59. The first-order valence-electron chi connectivity index (χ1n) is 7.57. The van der Waals surface area contributed by atoms with E-state index in [0.717, 1.165) is 5.56 Å². The largest absolute Gasteiger partial charge is 0.293 e. The summed E-state index contributed by atoms with van der Waals surface area (Å²) >= 11 is 0. The number of hydrazine groups is 1. The zero-order chi connectivity index (χ0) is 17.6. The molecule has 0 spiro atoms. The van der Waals surface area contributed by atoms with Crippen LogP contribution < -0.4 is 16.0 Å². The van der Waals surface area contributed by atoms with E-state index in [4.69, 9.17) is 5.84 Å². The number of nitrogens with two attached hydrogens (primary N) is 1. The lowest BCUT2D eigenvalue weighted by Gasteiger charge is -2.30. The van der Waals surface area contributed by atoms with Crippen molar-refractivity contribution in [1.29, 1.82) is 0 Å². The van der Waals surface area contributed by atoms with Crippen LogP contribution in [0.25, 0.3) is 0 Å². The first kappa shape index (κ1) is 18.0. The summed E-state index contributed by atoms with van der Waals surface area (Å²) in [6.07, 6.45) is 0.0998. The molecule has 0 saturated heterocycles. The molecule has 2 aromatic rings. The number of rotatable bonds is 7. The van der Waals surface area contributed by atoms with E-state index in [9.17, 15) is 13.2 Å². The van der Waals surface area contributed by atoms with Crippen molar-refractivity contribution in [3.63, 3.8) is 0 Å². The fourth-order valence-corrected chi connectivity index (χ4v) is 4.27. The number of amides is 1. The number of hydrogen-bond donors (Lipinski definition) is 3. The number of nitrogens with one attached hydrogen (secondary N) is 2. The Morgan fingerprint density at radius 3 is 2.08 bits per heavy atom. The van der Waals surface area contributed by atoms with Gasteiger partial charge in [0.15, 0.2) is 4.75 Å². The molecule has 128 valence electrons. The summed E-state index contributed by atoms with van der Waals surface area (Å²) in [7, 11) is -4.04. The predicted molar refractivity (Wildman–Crippen MR) is 94.5 cm³/mol. The summed E-state index contributed by atoms with van der Waals surface area (Å²) < 4.78 is 26.9. The van der Waals surface area contributed by atoms with Crippen LogP contribution in [0.2, 0.25) is 0 Å². The molecule has 1 unspecified atom stereocenters. The molecule has 0 bridgehead atoms. The third kappa shape index (κ3) is 3.58. The third-order valence-electron chi connectivity index (χ3n) is 3.99. The van der Waals surface area contributed by atoms with Crippen LogP contribution >= 0.6 is 0 Å². The number of benzene rings is 2. The molecule has 0 aliphatic rings. The maximum atomic E-state index is 13.0. The Labute approximate surface area is 142 Å². The average molecular weight is 347 g/mol. The normalized spacial score (nSPS) is 13.8. The van der Waals surface area contributed by atoms with Gasteiger partial charge in [0.2, 0.25) is 10.0 Å². The molecule has 2 rings (SSSR count). The Morgan fingerprint density at radius 2 is 1.58 bits per heavy atom. The average Bonchev–Trinajstić information content (AvgIpc) is 2.60. The van der Waals surface area contributed by atoms with E-state index in [2.05, 4.69) is 4.72 Å². The molecule has 0 fully saturated rings. The maximum Gasteiger partial charge on any atom is 0.257 e. The minimum atomic E-state index is -4.04. The van der Waals surface area contributed by atoms with Crippen LogP contribution in [0, 0.1) is 0 Å². The maximum absolute atomic E-state index is 13.0. The fraction of sp³-hybridized carbons (Fsp3) is 0.235. The Balaban J connectivity index is 2.46. The Hall–Kier alpha value is -2.38. The molecule has 0 radical (unpaired) electrons. The predicted octanol–water partition coefficient (Wildman–Crippen LogP) is 1.81. The van der Waals surface area contributed by atoms with Gasteiger partial charge in [0, 0.05) is 12.1 Å². The van der Waals surface area contributed by atoms with Crippen molar-refractivity contribution in [3.05, 3.63) is 66.2 Å². The van der Waals surface area contributed by atoms with Gasteiger partial charge < -0.3 is 0 Å². The first-order chi connectivity index (χ1) is 11.4. The van der Waals surface area contributed by atoms with Crippen LogP contribution in [-0.2, 0) is 21.2 Å². The van der Waals surface area contributed by atoms with Gasteiger partial charge in [-0.05, 0) is 24.1 Å². The highest BCUT2D eigenvalue weighted by Crippen LogP contribution is 2.29. The second-order valence-electron chi connectivity index (χ2n) is 5.46. The lowest BCUT2D eigenvalue weighted by atomic mass is 9.95. The van der Waals surface area contributed by atoms with Crippen LogP contribution in [0.1, 0.15) is 18.9 Å². The van der Waals surface area contributed by atoms with E-state index >= 15 is 0 Å². The highest BCUT2D eigenvalue weighted by atomic mass is 32.2. The second kappa shape index (κ2) is 7.46. The van der Waals surface area contributed by atoms with Crippen LogP contribution in [0.5, 0.6) is 0 Å². The number of sulfonamides is 1. The Kier molecular flexibility index (Phi) is 5.58. The first-order valence-corrected chi connectivity index (χ1v) is 9.06. The van der Waals surface area contributed by atoms with Gasteiger partial charge in [0.1, 0.15) is 0 Å². The molecule has 0 heterocycles. The molecule has 0 aromatic heterocycles. The van der Waals surface area contributed by atoms with E-state index in [1.807, 2.05) is 11.5 Å². The van der Waals surface area contributed by atoms with Crippen molar-refractivity contribution in [2.24, 2.45) is 5.84 Å². The topological polar surface area (TPSA) is 101 Å². The zero-order valence-electron chi connectivity index (χ0n) is 13.4. The number of hydrogen-bond acceptors (Lipinski definition) is 4. The zero-order valence-corrected chi connectivity index (χ0v) is 14.2. The van der Waals surface area contributed by atoms with Crippen molar-refractivity contribution in [3.8, 4) is 0 Å². The van der Waals surface area contributed by atoms with Gasteiger partial charge in [0.25, 0.3) is 5.91 Å². The summed E-state index contributed by atoms with van der Waals surface area (Å²) in [5.41, 5.74) is 3.14. The Morgan fingerprint density at radius 1 is 1.04 bits per heavy atom. The molecule has 24 heavy (non-hydrogen) atoms. The molecule has 0 aliphatic carbocycles. The molecular weight excluding hydrogens is 326 g/mol. The summed E-state index contributed by atoms with van der Waals surface area (Å²) in [5.74, 6) is 4.55. The van der Waals surface area contributed by atoms with E-state index in [0.29, 0.717) is 5.69 Å². The standard InChI is InChI=1S/C17H21N3O3S/c1-2-17(16(21)19-18,13-14-9-5-3-6-10-14)24(22,23)20-15-11-7-4-8-12-15/h3-12,20H,2,13,18H2,1H3,(H,19,21). The van der Waals surface area contributed by atoms with Crippen LogP contribution in [-0.4, -0.2) is 19.1 Å². The summed E-state index contributed by atoms with van der Waals surface area (Å²) in [5, 5.41) is 0. The lowest BCUT2D eigenvalue weighted by Crippen LogP contribution is -2.57. The molecule has 0 saturated carbocycles. The number of anilines is 1. The van der Waals surface area contributed by atoms with Gasteiger partial charge in [-0.15, -0.1) is 0 Å². The number of para-hydroxylation sites is 1. The van der Waals surface area contributed by atoms with Gasteiger partial charge >= 0.3 is 0 Å². The van der Waals surface area contributed by atoms with Gasteiger partial charge in [-0.1, -0.05) is 55.5 Å². The molecule has 1 atom stereocenters. The second-order valence-corrected chi connectivity index (χ2v) is 7.45. The number of carbonyl (C=O) groups is 1. The van der Waals surface area contributed by atoms with Crippen LogP contribution in [0.4, 0.5) is 5.69 Å². The van der Waals surface area contributed by atoms with Crippen molar-refractivity contribution in [2.45, 2.75) is 24.5 Å². The van der Waals surface area contributed by atoms with E-state index in [-0.39, 0.29) is 12.8 Å². The third-order valence-corrected chi connectivity index (χ3v) is 6.14. The molecule has 2 aromatic carbocycles. The van der Waals surface area contributed by atoms with Crippen molar-refractivity contribution in [1.82, 2.24) is 5.43 Å². The van der Waals surface area contributed by atoms with Crippen molar-refractivity contribution >= 4 is 21.6 Å². The molecule has 7 heteroatoms. The molecular formula is C17H21N3O3S. The monoisotopic (exact) mass is 347 g/mol. The molecule has 6 nitrogen and oxygen atoms in total. The SMILES string of the molecule is CCC(Cc1ccccc1)(C(=O)NN)S(=O)(=O)Nc1ccccc1. The highest BCUT2D eigenvalue weighted by molar-refractivity contribution is 7.94. The molecule has 1 amide bonds. The summed E-state index contributed by atoms with van der Waals surface area (Å²) in [6, 6.07) is 17.5. The van der Waals surface area contributed by atoms with Gasteiger partial charge in [-0.2, -0.15) is 0 Å². The molecule has 0 aliphatic heterocycles. The Bertz CT molecular complexity index is 779. The minimum absolute atomic E-state index is 0.0234. The lowest BCUT2D eigenvalue weighted by molar-refractivity contribution is -0.123. The quantitative estimate of drug-likeness (QED) is 0.404. The van der Waals surface area contributed by atoms with Gasteiger partial charge in [-0.3, -0.25) is 14.9 Å². The van der Waals surface area contributed by atoms with E-state index < -0.39 is 20.7 Å². The summed E-state index contributed by atoms with van der Waals surface area (Å²) in [4.78, 5) is 12.5. The number of carbonyl (C=O) groups excluding carboxylic acids is 1. The minimum Gasteiger partial charge on any atom is -0.293 e. The van der Waals surface area contributed by atoms with Gasteiger partial charge in [-0.25, -0.2) is 14.3 Å². The molecule has 4 N–H and O–H groups in total. The van der Waals surface area contributed by atoms with Crippen LogP contribution in [0.15, 0.2) is 60.7 Å².